The Kier molecular flexibility index (Phi) is 6.33. The van der Waals surface area contributed by atoms with Crippen molar-refractivity contribution in [3.05, 3.63) is 28.7 Å². The third-order valence-corrected chi connectivity index (χ3v) is 5.09. The summed E-state index contributed by atoms with van der Waals surface area (Å²) >= 11 is 1.65. The first kappa shape index (κ1) is 17.7. The fourth-order valence-corrected chi connectivity index (χ4v) is 3.63. The van der Waals surface area contributed by atoms with E-state index in [2.05, 4.69) is 17.3 Å². The lowest BCUT2D eigenvalue weighted by molar-refractivity contribution is -0.127. The van der Waals surface area contributed by atoms with Crippen molar-refractivity contribution in [3.63, 3.8) is 0 Å². The lowest BCUT2D eigenvalue weighted by Gasteiger charge is -2.31. The highest BCUT2D eigenvalue weighted by Crippen LogP contribution is 2.29. The largest absolute Gasteiger partial charge is 0.355 e. The molecule has 2 amide bonds. The number of carbonyl (C=O) groups excluding carboxylic acids is 2. The van der Waals surface area contributed by atoms with Crippen molar-refractivity contribution < 1.29 is 9.59 Å². The van der Waals surface area contributed by atoms with Crippen LogP contribution in [0, 0.1) is 5.92 Å². The summed E-state index contributed by atoms with van der Waals surface area (Å²) in [6.07, 6.45) is 4.20. The molecule has 1 aromatic heterocycles. The number of thiazole rings is 1. The number of hydrogen-bond acceptors (Lipinski definition) is 4. The number of aromatic nitrogens is 1. The molecule has 0 unspecified atom stereocenters. The number of hydrogen-bond donors (Lipinski definition) is 1. The topological polar surface area (TPSA) is 62.3 Å². The van der Waals surface area contributed by atoms with Crippen molar-refractivity contribution in [2.45, 2.75) is 39.0 Å². The van der Waals surface area contributed by atoms with Gasteiger partial charge in [0.15, 0.2) is 0 Å². The van der Waals surface area contributed by atoms with E-state index < -0.39 is 0 Å². The number of piperidine rings is 1. The Balaban J connectivity index is 1.87. The Hall–Kier alpha value is -1.69. The number of nitrogens with zero attached hydrogens (tertiary/aromatic N) is 2. The molecule has 1 aliphatic rings. The van der Waals surface area contributed by atoms with Crippen molar-refractivity contribution in [2.24, 2.45) is 5.92 Å². The van der Waals surface area contributed by atoms with E-state index in [0.29, 0.717) is 12.5 Å². The van der Waals surface area contributed by atoms with Crippen LogP contribution in [0.5, 0.6) is 0 Å². The lowest BCUT2D eigenvalue weighted by Crippen LogP contribution is -2.38. The minimum Gasteiger partial charge on any atom is -0.355 e. The van der Waals surface area contributed by atoms with E-state index in [4.69, 9.17) is 4.98 Å². The smallest absolute Gasteiger partial charge is 0.245 e. The molecule has 1 aliphatic heterocycles. The average Bonchev–Trinajstić information content (AvgIpc) is 3.03. The number of amides is 2. The van der Waals surface area contributed by atoms with E-state index in [1.54, 1.807) is 11.3 Å². The van der Waals surface area contributed by atoms with E-state index in [9.17, 15) is 9.59 Å². The van der Waals surface area contributed by atoms with Gasteiger partial charge in [0.25, 0.3) is 0 Å². The summed E-state index contributed by atoms with van der Waals surface area (Å²) in [6, 6.07) is 0. The molecule has 5 nitrogen and oxygen atoms in total. The SMILES string of the molecule is C=CC(=O)N1CCC[C@H](c2nc(CCNC(=O)C(C)C)cs2)C1. The highest BCUT2D eigenvalue weighted by molar-refractivity contribution is 7.09. The van der Waals surface area contributed by atoms with Gasteiger partial charge in [-0.3, -0.25) is 9.59 Å². The van der Waals surface area contributed by atoms with E-state index in [1.165, 1.54) is 6.08 Å². The Morgan fingerprint density at radius 2 is 2.35 bits per heavy atom. The molecule has 6 heteroatoms. The summed E-state index contributed by atoms with van der Waals surface area (Å²) in [4.78, 5) is 29.9. The number of rotatable bonds is 6. The normalized spacial score (nSPS) is 18.0. The second-order valence-corrected chi connectivity index (χ2v) is 7.09. The molecule has 2 heterocycles. The minimum absolute atomic E-state index is 0.00266. The summed E-state index contributed by atoms with van der Waals surface area (Å²) in [5, 5.41) is 6.07. The highest BCUT2D eigenvalue weighted by atomic mass is 32.1. The van der Waals surface area contributed by atoms with Crippen molar-refractivity contribution in [1.29, 1.82) is 0 Å². The van der Waals surface area contributed by atoms with E-state index in [-0.39, 0.29) is 17.7 Å². The number of likely N-dealkylation sites (tertiary alicyclic amines) is 1. The predicted molar refractivity (Wildman–Crippen MR) is 92.4 cm³/mol. The van der Waals surface area contributed by atoms with Crippen LogP contribution < -0.4 is 5.32 Å². The van der Waals surface area contributed by atoms with Crippen molar-refractivity contribution in [3.8, 4) is 0 Å². The molecule has 0 aromatic carbocycles. The summed E-state index contributed by atoms with van der Waals surface area (Å²) in [5.74, 6) is 0.405. The van der Waals surface area contributed by atoms with Gasteiger partial charge in [0.05, 0.1) is 10.7 Å². The van der Waals surface area contributed by atoms with Gasteiger partial charge in [0.1, 0.15) is 0 Å². The maximum Gasteiger partial charge on any atom is 0.245 e. The molecule has 23 heavy (non-hydrogen) atoms. The van der Waals surface area contributed by atoms with Crippen molar-refractivity contribution in [2.75, 3.05) is 19.6 Å². The van der Waals surface area contributed by atoms with Crippen LogP contribution in [-0.2, 0) is 16.0 Å². The first-order valence-corrected chi connectivity index (χ1v) is 9.02. The maximum atomic E-state index is 11.8. The van der Waals surface area contributed by atoms with Gasteiger partial charge < -0.3 is 10.2 Å². The zero-order valence-corrected chi connectivity index (χ0v) is 14.7. The minimum atomic E-state index is 0.00266. The van der Waals surface area contributed by atoms with E-state index in [0.717, 1.165) is 43.1 Å². The number of carbonyl (C=O) groups is 2. The van der Waals surface area contributed by atoms with Crippen LogP contribution in [0.3, 0.4) is 0 Å². The van der Waals surface area contributed by atoms with Crippen LogP contribution in [0.1, 0.15) is 43.3 Å². The third kappa shape index (κ3) is 4.89. The van der Waals surface area contributed by atoms with Crippen LogP contribution >= 0.6 is 11.3 Å². The Morgan fingerprint density at radius 1 is 1.57 bits per heavy atom. The van der Waals surface area contributed by atoms with Gasteiger partial charge in [-0.15, -0.1) is 11.3 Å². The van der Waals surface area contributed by atoms with Gasteiger partial charge in [0.2, 0.25) is 11.8 Å². The fourth-order valence-electron chi connectivity index (χ4n) is 2.65. The summed E-state index contributed by atoms with van der Waals surface area (Å²) in [7, 11) is 0. The lowest BCUT2D eigenvalue weighted by atomic mass is 9.98. The quantitative estimate of drug-likeness (QED) is 0.812. The molecular weight excluding hydrogens is 310 g/mol. The molecule has 1 atom stereocenters. The fraction of sp³-hybridized carbons (Fsp3) is 0.588. The van der Waals surface area contributed by atoms with E-state index >= 15 is 0 Å². The molecule has 0 saturated carbocycles. The standard InChI is InChI=1S/C17H25N3O2S/c1-4-15(21)20-9-5-6-13(10-20)17-19-14(11-23-17)7-8-18-16(22)12(2)3/h4,11-13H,1,5-10H2,2-3H3,(H,18,22)/t13-/m0/s1. The second kappa shape index (κ2) is 8.24. The Labute approximate surface area is 141 Å². The first-order valence-electron chi connectivity index (χ1n) is 8.14. The highest BCUT2D eigenvalue weighted by Gasteiger charge is 2.25. The van der Waals surface area contributed by atoms with Gasteiger partial charge in [-0.05, 0) is 18.9 Å². The third-order valence-electron chi connectivity index (χ3n) is 4.03. The van der Waals surface area contributed by atoms with Crippen LogP contribution in [0.15, 0.2) is 18.0 Å². The maximum absolute atomic E-state index is 11.8. The van der Waals surface area contributed by atoms with Crippen LogP contribution in [0.4, 0.5) is 0 Å². The molecule has 1 aromatic rings. The zero-order valence-electron chi connectivity index (χ0n) is 13.9. The molecule has 1 saturated heterocycles. The summed E-state index contributed by atoms with van der Waals surface area (Å²) in [5.41, 5.74) is 1.02. The molecule has 1 N–H and O–H groups in total. The van der Waals surface area contributed by atoms with Gasteiger partial charge in [-0.1, -0.05) is 20.4 Å². The predicted octanol–water partition coefficient (Wildman–Crippen LogP) is 2.35. The molecule has 1 fully saturated rings. The Morgan fingerprint density at radius 3 is 3.04 bits per heavy atom. The average molecular weight is 335 g/mol. The van der Waals surface area contributed by atoms with E-state index in [1.807, 2.05) is 18.7 Å². The van der Waals surface area contributed by atoms with Gasteiger partial charge in [-0.2, -0.15) is 0 Å². The molecule has 0 radical (unpaired) electrons. The monoisotopic (exact) mass is 335 g/mol. The molecular formula is C17H25N3O2S. The van der Waals surface area contributed by atoms with Gasteiger partial charge in [0, 0.05) is 43.3 Å². The Bertz CT molecular complexity index is 568. The molecule has 0 spiro atoms. The van der Waals surface area contributed by atoms with Crippen LogP contribution in [-0.4, -0.2) is 41.3 Å². The van der Waals surface area contributed by atoms with Crippen molar-refractivity contribution in [1.82, 2.24) is 15.2 Å². The van der Waals surface area contributed by atoms with Gasteiger partial charge >= 0.3 is 0 Å². The van der Waals surface area contributed by atoms with Crippen LogP contribution in [0.25, 0.3) is 0 Å². The van der Waals surface area contributed by atoms with Crippen molar-refractivity contribution >= 4 is 23.2 Å². The van der Waals surface area contributed by atoms with Gasteiger partial charge in [-0.25, -0.2) is 4.98 Å². The summed E-state index contributed by atoms with van der Waals surface area (Å²) < 4.78 is 0. The molecule has 0 aliphatic carbocycles. The number of nitrogens with one attached hydrogen (secondary N) is 1. The zero-order chi connectivity index (χ0) is 16.8. The molecule has 126 valence electrons. The van der Waals surface area contributed by atoms with Crippen LogP contribution in [0.2, 0.25) is 0 Å². The second-order valence-electron chi connectivity index (χ2n) is 6.20. The molecule has 2 rings (SSSR count). The molecule has 0 bridgehead atoms. The first-order chi connectivity index (χ1) is 11.0. The summed E-state index contributed by atoms with van der Waals surface area (Å²) in [6.45, 7) is 9.48.